The van der Waals surface area contributed by atoms with Crippen LogP contribution in [0.5, 0.6) is 5.75 Å². The first kappa shape index (κ1) is 12.7. The van der Waals surface area contributed by atoms with E-state index in [1.54, 1.807) is 12.1 Å². The number of rotatable bonds is 2. The van der Waals surface area contributed by atoms with Crippen LogP contribution in [0, 0.1) is 6.92 Å². The molecular weight excluding hydrogens is 252 g/mol. The van der Waals surface area contributed by atoms with Crippen molar-refractivity contribution in [3.8, 4) is 16.9 Å². The van der Waals surface area contributed by atoms with Crippen LogP contribution in [0.25, 0.3) is 11.1 Å². The molecule has 20 heavy (non-hydrogen) atoms. The zero-order chi connectivity index (χ0) is 14.1. The van der Waals surface area contributed by atoms with Gasteiger partial charge < -0.3 is 9.84 Å². The van der Waals surface area contributed by atoms with Gasteiger partial charge in [0.1, 0.15) is 5.75 Å². The van der Waals surface area contributed by atoms with Crippen LogP contribution in [0.4, 0.5) is 0 Å². The third-order valence-corrected chi connectivity index (χ3v) is 3.69. The van der Waals surface area contributed by atoms with Crippen molar-refractivity contribution in [2.45, 2.75) is 19.8 Å². The molecule has 0 aliphatic carbocycles. The summed E-state index contributed by atoms with van der Waals surface area (Å²) < 4.78 is 5.62. The summed E-state index contributed by atoms with van der Waals surface area (Å²) in [5, 5.41) is 9.01. The summed E-state index contributed by atoms with van der Waals surface area (Å²) in [6.45, 7) is 2.73. The van der Waals surface area contributed by atoms with E-state index in [-0.39, 0.29) is 0 Å². The van der Waals surface area contributed by atoms with Crippen molar-refractivity contribution in [2.24, 2.45) is 0 Å². The molecule has 1 aliphatic rings. The Morgan fingerprint density at radius 3 is 2.80 bits per heavy atom. The van der Waals surface area contributed by atoms with Crippen molar-refractivity contribution in [3.63, 3.8) is 0 Å². The van der Waals surface area contributed by atoms with Gasteiger partial charge in [-0.15, -0.1) is 0 Å². The first-order valence-electron chi connectivity index (χ1n) is 6.75. The fourth-order valence-electron chi connectivity index (χ4n) is 2.65. The van der Waals surface area contributed by atoms with E-state index in [4.69, 9.17) is 9.84 Å². The van der Waals surface area contributed by atoms with Gasteiger partial charge in [0.25, 0.3) is 0 Å². The van der Waals surface area contributed by atoms with Gasteiger partial charge in [-0.3, -0.25) is 0 Å². The van der Waals surface area contributed by atoms with E-state index in [2.05, 4.69) is 6.07 Å². The highest BCUT2D eigenvalue weighted by atomic mass is 16.5. The number of hydrogen-bond acceptors (Lipinski definition) is 2. The standard InChI is InChI=1S/C17H16O3/c1-11-9-14(17(18)19)4-6-15(11)12-5-7-16-13(10-12)3-2-8-20-16/h4-7,9-10H,2-3,8H2,1H3,(H,18,19). The molecule has 0 saturated heterocycles. The van der Waals surface area contributed by atoms with Crippen LogP contribution in [0.2, 0.25) is 0 Å². The largest absolute Gasteiger partial charge is 0.493 e. The Morgan fingerprint density at radius 1 is 1.20 bits per heavy atom. The maximum Gasteiger partial charge on any atom is 0.335 e. The van der Waals surface area contributed by atoms with Gasteiger partial charge in [-0.2, -0.15) is 0 Å². The molecule has 1 aliphatic heterocycles. The van der Waals surface area contributed by atoms with Crippen LogP contribution in [0.3, 0.4) is 0 Å². The van der Waals surface area contributed by atoms with Crippen molar-refractivity contribution < 1.29 is 14.6 Å². The Labute approximate surface area is 117 Å². The summed E-state index contributed by atoms with van der Waals surface area (Å²) in [6, 6.07) is 11.4. The quantitative estimate of drug-likeness (QED) is 0.903. The van der Waals surface area contributed by atoms with Gasteiger partial charge in [0, 0.05) is 0 Å². The Hall–Kier alpha value is -2.29. The minimum absolute atomic E-state index is 0.326. The van der Waals surface area contributed by atoms with E-state index >= 15 is 0 Å². The average Bonchev–Trinajstić information content (AvgIpc) is 2.46. The van der Waals surface area contributed by atoms with Gasteiger partial charge in [0.05, 0.1) is 12.2 Å². The summed E-state index contributed by atoms with van der Waals surface area (Å²) in [5.41, 5.74) is 4.72. The van der Waals surface area contributed by atoms with Gasteiger partial charge in [-0.05, 0) is 66.3 Å². The van der Waals surface area contributed by atoms with Crippen LogP contribution >= 0.6 is 0 Å². The molecule has 1 heterocycles. The molecule has 3 heteroatoms. The molecule has 0 aromatic heterocycles. The van der Waals surface area contributed by atoms with Crippen LogP contribution < -0.4 is 4.74 Å². The predicted octanol–water partition coefficient (Wildman–Crippen LogP) is 3.69. The van der Waals surface area contributed by atoms with Gasteiger partial charge in [0.15, 0.2) is 0 Å². The number of carboxylic acids is 1. The van der Waals surface area contributed by atoms with E-state index in [9.17, 15) is 4.79 Å². The van der Waals surface area contributed by atoms with Gasteiger partial charge in [0.2, 0.25) is 0 Å². The third kappa shape index (κ3) is 2.27. The summed E-state index contributed by atoms with van der Waals surface area (Å²) in [6.07, 6.45) is 2.09. The van der Waals surface area contributed by atoms with E-state index in [1.165, 1.54) is 5.56 Å². The molecule has 2 aromatic rings. The fourth-order valence-corrected chi connectivity index (χ4v) is 2.65. The second kappa shape index (κ2) is 5.00. The number of carbonyl (C=O) groups is 1. The Bertz CT molecular complexity index is 674. The van der Waals surface area contributed by atoms with Crippen LogP contribution in [0.15, 0.2) is 36.4 Å². The minimum atomic E-state index is -0.890. The van der Waals surface area contributed by atoms with E-state index < -0.39 is 5.97 Å². The van der Waals surface area contributed by atoms with Crippen LogP contribution in [-0.2, 0) is 6.42 Å². The SMILES string of the molecule is Cc1cc(C(=O)O)ccc1-c1ccc2c(c1)CCCO2. The number of ether oxygens (including phenoxy) is 1. The van der Waals surface area contributed by atoms with Gasteiger partial charge in [-0.1, -0.05) is 12.1 Å². The van der Waals surface area contributed by atoms with Crippen molar-refractivity contribution in [1.29, 1.82) is 0 Å². The zero-order valence-electron chi connectivity index (χ0n) is 11.3. The summed E-state index contributed by atoms with van der Waals surface area (Å²) in [5.74, 6) is 0.0818. The minimum Gasteiger partial charge on any atom is -0.493 e. The molecule has 2 aromatic carbocycles. The van der Waals surface area contributed by atoms with E-state index in [0.29, 0.717) is 5.56 Å². The molecule has 0 saturated carbocycles. The van der Waals surface area contributed by atoms with E-state index in [0.717, 1.165) is 41.9 Å². The lowest BCUT2D eigenvalue weighted by Crippen LogP contribution is -2.08. The van der Waals surface area contributed by atoms with E-state index in [1.807, 2.05) is 25.1 Å². The Kier molecular flexibility index (Phi) is 3.18. The number of carboxylic acid groups (broad SMARTS) is 1. The zero-order valence-corrected chi connectivity index (χ0v) is 11.3. The Balaban J connectivity index is 2.02. The molecular formula is C17H16O3. The smallest absolute Gasteiger partial charge is 0.335 e. The lowest BCUT2D eigenvalue weighted by molar-refractivity contribution is 0.0697. The number of fused-ring (bicyclic) bond motifs is 1. The number of benzene rings is 2. The lowest BCUT2D eigenvalue weighted by atomic mass is 9.95. The molecule has 0 radical (unpaired) electrons. The maximum atomic E-state index is 11.0. The first-order valence-corrected chi connectivity index (χ1v) is 6.75. The van der Waals surface area contributed by atoms with Crippen LogP contribution in [-0.4, -0.2) is 17.7 Å². The molecule has 1 N–H and O–H groups in total. The molecule has 0 bridgehead atoms. The number of aromatic carboxylic acids is 1. The summed E-state index contributed by atoms with van der Waals surface area (Å²) in [7, 11) is 0. The third-order valence-electron chi connectivity index (χ3n) is 3.69. The van der Waals surface area contributed by atoms with Crippen LogP contribution in [0.1, 0.15) is 27.9 Å². The van der Waals surface area contributed by atoms with Gasteiger partial charge >= 0.3 is 5.97 Å². The average molecular weight is 268 g/mol. The van der Waals surface area contributed by atoms with Gasteiger partial charge in [-0.25, -0.2) is 4.79 Å². The highest BCUT2D eigenvalue weighted by Gasteiger charge is 2.13. The highest BCUT2D eigenvalue weighted by molar-refractivity contribution is 5.89. The van der Waals surface area contributed by atoms with Crippen molar-refractivity contribution >= 4 is 5.97 Å². The summed E-state index contributed by atoms with van der Waals surface area (Å²) >= 11 is 0. The molecule has 0 fully saturated rings. The molecule has 102 valence electrons. The monoisotopic (exact) mass is 268 g/mol. The molecule has 0 spiro atoms. The Morgan fingerprint density at radius 2 is 2.05 bits per heavy atom. The first-order chi connectivity index (χ1) is 9.65. The molecule has 0 amide bonds. The number of aryl methyl sites for hydroxylation is 2. The fraction of sp³-hybridized carbons (Fsp3) is 0.235. The summed E-state index contributed by atoms with van der Waals surface area (Å²) in [4.78, 5) is 11.0. The van der Waals surface area contributed by atoms with Crippen molar-refractivity contribution in [3.05, 3.63) is 53.1 Å². The number of hydrogen-bond donors (Lipinski definition) is 1. The molecule has 3 rings (SSSR count). The second-order valence-corrected chi connectivity index (χ2v) is 5.11. The maximum absolute atomic E-state index is 11.0. The molecule has 3 nitrogen and oxygen atoms in total. The van der Waals surface area contributed by atoms with Crippen molar-refractivity contribution in [1.82, 2.24) is 0 Å². The normalized spacial score (nSPS) is 13.4. The predicted molar refractivity (Wildman–Crippen MR) is 77.4 cm³/mol. The molecule has 0 unspecified atom stereocenters. The van der Waals surface area contributed by atoms with Crippen molar-refractivity contribution in [2.75, 3.05) is 6.61 Å². The second-order valence-electron chi connectivity index (χ2n) is 5.11. The lowest BCUT2D eigenvalue weighted by Gasteiger charge is -2.18. The topological polar surface area (TPSA) is 46.5 Å². The molecule has 0 atom stereocenters. The highest BCUT2D eigenvalue weighted by Crippen LogP contribution is 2.31.